The quantitative estimate of drug-likeness (QED) is 0.729. The monoisotopic (exact) mass is 225 g/mol. The Balaban J connectivity index is 2.27. The summed E-state index contributed by atoms with van der Waals surface area (Å²) in [4.78, 5) is 11.7. The number of aromatic amines is 1. The van der Waals surface area contributed by atoms with Gasteiger partial charge in [0, 0.05) is 29.7 Å². The molecule has 0 aliphatic heterocycles. The van der Waals surface area contributed by atoms with Crippen LogP contribution in [-0.2, 0) is 0 Å². The topological polar surface area (TPSA) is 50.8 Å². The van der Waals surface area contributed by atoms with Crippen LogP contribution < -0.4 is 4.74 Å². The molecule has 1 N–H and O–H groups in total. The van der Waals surface area contributed by atoms with Crippen LogP contribution in [0.5, 0.6) is 5.75 Å². The van der Waals surface area contributed by atoms with E-state index in [2.05, 4.69) is 15.0 Å². The van der Waals surface area contributed by atoms with Crippen molar-refractivity contribution in [3.05, 3.63) is 42.9 Å². The van der Waals surface area contributed by atoms with Crippen molar-refractivity contribution < 1.29 is 4.74 Å². The summed E-state index contributed by atoms with van der Waals surface area (Å²) < 4.78 is 5.36. The van der Waals surface area contributed by atoms with Crippen molar-refractivity contribution >= 4 is 11.2 Å². The van der Waals surface area contributed by atoms with E-state index in [9.17, 15) is 0 Å². The molecule has 0 saturated heterocycles. The molecule has 0 radical (unpaired) electrons. The first kappa shape index (κ1) is 9.84. The molecule has 1 aromatic carbocycles. The molecule has 0 atom stereocenters. The van der Waals surface area contributed by atoms with Gasteiger partial charge in [-0.05, 0) is 6.07 Å². The van der Waals surface area contributed by atoms with Crippen LogP contribution >= 0.6 is 0 Å². The zero-order valence-electron chi connectivity index (χ0n) is 9.34. The standard InChI is InChI=1S/C13H11N3O/c1-17-11-5-3-2-4-9(11)10-8-16-13-12(10)14-6-7-15-13/h2-8H,1H3,(H,15,16). The molecule has 0 aliphatic carbocycles. The molecule has 4 heteroatoms. The number of H-pyrrole nitrogens is 1. The number of ether oxygens (including phenoxy) is 1. The number of methoxy groups -OCH3 is 1. The highest BCUT2D eigenvalue weighted by Crippen LogP contribution is 2.33. The zero-order valence-corrected chi connectivity index (χ0v) is 9.34. The fourth-order valence-electron chi connectivity index (χ4n) is 1.92. The van der Waals surface area contributed by atoms with Gasteiger partial charge in [-0.15, -0.1) is 0 Å². The van der Waals surface area contributed by atoms with Gasteiger partial charge in [0.05, 0.1) is 7.11 Å². The average Bonchev–Trinajstić information content (AvgIpc) is 2.82. The summed E-state index contributed by atoms with van der Waals surface area (Å²) in [6.07, 6.45) is 5.27. The number of rotatable bonds is 2. The van der Waals surface area contributed by atoms with E-state index in [4.69, 9.17) is 4.74 Å². The molecule has 0 unspecified atom stereocenters. The number of nitrogens with one attached hydrogen (secondary N) is 1. The van der Waals surface area contributed by atoms with Gasteiger partial charge in [0.2, 0.25) is 0 Å². The lowest BCUT2D eigenvalue weighted by Gasteiger charge is -2.06. The van der Waals surface area contributed by atoms with Gasteiger partial charge in [-0.1, -0.05) is 18.2 Å². The number of benzene rings is 1. The number of fused-ring (bicyclic) bond motifs is 1. The lowest BCUT2D eigenvalue weighted by atomic mass is 10.1. The molecule has 3 aromatic rings. The van der Waals surface area contributed by atoms with Crippen LogP contribution in [0.15, 0.2) is 42.9 Å². The summed E-state index contributed by atoms with van der Waals surface area (Å²) in [7, 11) is 1.67. The summed E-state index contributed by atoms with van der Waals surface area (Å²) in [6.45, 7) is 0. The molecule has 84 valence electrons. The van der Waals surface area contributed by atoms with Crippen molar-refractivity contribution in [2.45, 2.75) is 0 Å². The third-order valence-electron chi connectivity index (χ3n) is 2.70. The fraction of sp³-hybridized carbons (Fsp3) is 0.0769. The Morgan fingerprint density at radius 1 is 1.06 bits per heavy atom. The molecular weight excluding hydrogens is 214 g/mol. The molecule has 0 fully saturated rings. The molecule has 17 heavy (non-hydrogen) atoms. The Labute approximate surface area is 98.3 Å². The second kappa shape index (κ2) is 3.90. The van der Waals surface area contributed by atoms with Gasteiger partial charge in [-0.3, -0.25) is 4.98 Å². The lowest BCUT2D eigenvalue weighted by molar-refractivity contribution is 0.416. The van der Waals surface area contributed by atoms with Crippen molar-refractivity contribution in [2.24, 2.45) is 0 Å². The van der Waals surface area contributed by atoms with E-state index < -0.39 is 0 Å². The summed E-state index contributed by atoms with van der Waals surface area (Å²) in [5, 5.41) is 0. The number of para-hydroxylation sites is 1. The van der Waals surface area contributed by atoms with E-state index in [1.165, 1.54) is 0 Å². The molecule has 0 spiro atoms. The van der Waals surface area contributed by atoms with Crippen LogP contribution in [0.2, 0.25) is 0 Å². The van der Waals surface area contributed by atoms with E-state index >= 15 is 0 Å². The van der Waals surface area contributed by atoms with Gasteiger partial charge >= 0.3 is 0 Å². The van der Waals surface area contributed by atoms with Crippen LogP contribution in [0.3, 0.4) is 0 Å². The van der Waals surface area contributed by atoms with E-state index in [1.54, 1.807) is 19.5 Å². The van der Waals surface area contributed by atoms with Gasteiger partial charge in [-0.2, -0.15) is 0 Å². The first-order chi connectivity index (χ1) is 8.40. The predicted molar refractivity (Wildman–Crippen MR) is 65.9 cm³/mol. The molecule has 0 saturated carbocycles. The van der Waals surface area contributed by atoms with E-state index in [0.717, 1.165) is 28.0 Å². The highest BCUT2D eigenvalue weighted by molar-refractivity contribution is 5.92. The van der Waals surface area contributed by atoms with Crippen LogP contribution in [0.25, 0.3) is 22.3 Å². The minimum atomic E-state index is 0.786. The zero-order chi connectivity index (χ0) is 11.7. The van der Waals surface area contributed by atoms with Gasteiger partial charge in [0.1, 0.15) is 11.3 Å². The maximum atomic E-state index is 5.36. The molecular formula is C13H11N3O. The molecule has 0 aliphatic rings. The SMILES string of the molecule is COc1ccccc1-c1c[nH]c2nccnc12. The second-order valence-electron chi connectivity index (χ2n) is 3.66. The summed E-state index contributed by atoms with van der Waals surface area (Å²) in [6, 6.07) is 7.87. The Morgan fingerprint density at radius 2 is 1.88 bits per heavy atom. The van der Waals surface area contributed by atoms with Crippen LogP contribution in [0.1, 0.15) is 0 Å². The molecule has 4 nitrogen and oxygen atoms in total. The Morgan fingerprint density at radius 3 is 2.76 bits per heavy atom. The number of nitrogens with zero attached hydrogens (tertiary/aromatic N) is 2. The van der Waals surface area contributed by atoms with Gasteiger partial charge in [0.25, 0.3) is 0 Å². The smallest absolute Gasteiger partial charge is 0.156 e. The summed E-state index contributed by atoms with van der Waals surface area (Å²) in [5.74, 6) is 0.832. The largest absolute Gasteiger partial charge is 0.496 e. The van der Waals surface area contributed by atoms with E-state index in [0.29, 0.717) is 0 Å². The maximum Gasteiger partial charge on any atom is 0.156 e. The van der Waals surface area contributed by atoms with Crippen molar-refractivity contribution in [3.8, 4) is 16.9 Å². The van der Waals surface area contributed by atoms with Gasteiger partial charge < -0.3 is 9.72 Å². The first-order valence-electron chi connectivity index (χ1n) is 5.31. The number of hydrogen-bond acceptors (Lipinski definition) is 3. The minimum Gasteiger partial charge on any atom is -0.496 e. The third-order valence-corrected chi connectivity index (χ3v) is 2.70. The normalized spacial score (nSPS) is 10.6. The van der Waals surface area contributed by atoms with Crippen LogP contribution in [-0.4, -0.2) is 22.1 Å². The van der Waals surface area contributed by atoms with Crippen molar-refractivity contribution in [3.63, 3.8) is 0 Å². The van der Waals surface area contributed by atoms with Gasteiger partial charge in [0.15, 0.2) is 5.65 Å². The summed E-state index contributed by atoms with van der Waals surface area (Å²) in [5.41, 5.74) is 3.66. The minimum absolute atomic E-state index is 0.786. The predicted octanol–water partition coefficient (Wildman–Crippen LogP) is 2.63. The average molecular weight is 225 g/mol. The number of aromatic nitrogens is 3. The fourth-order valence-corrected chi connectivity index (χ4v) is 1.92. The Bertz CT molecular complexity index is 660. The first-order valence-corrected chi connectivity index (χ1v) is 5.31. The van der Waals surface area contributed by atoms with Gasteiger partial charge in [-0.25, -0.2) is 4.98 Å². The maximum absolute atomic E-state index is 5.36. The number of hydrogen-bond donors (Lipinski definition) is 1. The lowest BCUT2D eigenvalue weighted by Crippen LogP contribution is -1.87. The molecule has 0 bridgehead atoms. The highest BCUT2D eigenvalue weighted by Gasteiger charge is 2.11. The van der Waals surface area contributed by atoms with Crippen LogP contribution in [0, 0.1) is 0 Å². The van der Waals surface area contributed by atoms with Crippen molar-refractivity contribution in [2.75, 3.05) is 7.11 Å². The Hall–Kier alpha value is -2.36. The van der Waals surface area contributed by atoms with E-state index in [-0.39, 0.29) is 0 Å². The molecule has 2 aromatic heterocycles. The molecule has 2 heterocycles. The van der Waals surface area contributed by atoms with Crippen molar-refractivity contribution in [1.82, 2.24) is 15.0 Å². The highest BCUT2D eigenvalue weighted by atomic mass is 16.5. The Kier molecular flexibility index (Phi) is 2.26. The van der Waals surface area contributed by atoms with E-state index in [1.807, 2.05) is 30.5 Å². The summed E-state index contributed by atoms with van der Waals surface area (Å²) >= 11 is 0. The third kappa shape index (κ3) is 1.54. The second-order valence-corrected chi connectivity index (χ2v) is 3.66. The van der Waals surface area contributed by atoms with Crippen molar-refractivity contribution in [1.29, 1.82) is 0 Å². The molecule has 0 amide bonds. The molecule has 3 rings (SSSR count). The van der Waals surface area contributed by atoms with Crippen LogP contribution in [0.4, 0.5) is 0 Å².